The van der Waals surface area contributed by atoms with Crippen LogP contribution in [0, 0.1) is 0 Å². The summed E-state index contributed by atoms with van der Waals surface area (Å²) < 4.78 is 0. The predicted molar refractivity (Wildman–Crippen MR) is 69.7 cm³/mol. The third-order valence-electron chi connectivity index (χ3n) is 2.01. The van der Waals surface area contributed by atoms with E-state index >= 15 is 0 Å². The molecule has 0 saturated carbocycles. The molecule has 0 atom stereocenters. The van der Waals surface area contributed by atoms with Gasteiger partial charge in [0.1, 0.15) is 0 Å². The first-order chi connectivity index (χ1) is 7.65. The average molecular weight is 281 g/mol. The highest BCUT2D eigenvalue weighted by Gasteiger charge is 2.08. The molecule has 0 aromatic heterocycles. The third-order valence-corrected chi connectivity index (χ3v) is 2.91. The number of para-hydroxylation sites is 1. The molecule has 88 valence electrons. The van der Waals surface area contributed by atoms with Crippen molar-refractivity contribution in [2.24, 2.45) is 0 Å². The maximum absolute atomic E-state index is 11.5. The van der Waals surface area contributed by atoms with Gasteiger partial charge < -0.3 is 5.32 Å². The quantitative estimate of drug-likeness (QED) is 0.631. The number of carbonyl (C=O) groups excluding carboxylic acids is 1. The lowest BCUT2D eigenvalue weighted by atomic mass is 10.2. The van der Waals surface area contributed by atoms with E-state index in [0.29, 0.717) is 28.0 Å². The number of benzene rings is 1. The molecule has 5 heteroatoms. The first-order valence-corrected chi connectivity index (χ1v) is 6.24. The Balaban J connectivity index is 2.56. The van der Waals surface area contributed by atoms with Crippen LogP contribution in [0.2, 0.25) is 10.0 Å². The van der Waals surface area contributed by atoms with Crippen LogP contribution in [0.3, 0.4) is 0 Å². The molecule has 0 spiro atoms. The summed E-state index contributed by atoms with van der Waals surface area (Å²) in [6.07, 6.45) is 2.01. The number of carbonyl (C=O) groups is 1. The molecule has 0 radical (unpaired) electrons. The molecule has 1 aromatic rings. The van der Waals surface area contributed by atoms with Crippen molar-refractivity contribution in [3.63, 3.8) is 0 Å². The van der Waals surface area contributed by atoms with Crippen molar-refractivity contribution >= 4 is 46.4 Å². The Hall–Kier alpha value is -0.440. The van der Waals surface area contributed by atoms with Crippen LogP contribution in [0.15, 0.2) is 18.2 Å². The molecular formula is C11H12Cl3NO. The average Bonchev–Trinajstić information content (AvgIpc) is 2.24. The van der Waals surface area contributed by atoms with E-state index in [9.17, 15) is 4.79 Å². The summed E-state index contributed by atoms with van der Waals surface area (Å²) in [4.78, 5) is 11.5. The van der Waals surface area contributed by atoms with Crippen molar-refractivity contribution in [1.29, 1.82) is 0 Å². The van der Waals surface area contributed by atoms with E-state index in [1.54, 1.807) is 18.2 Å². The lowest BCUT2D eigenvalue weighted by Crippen LogP contribution is -2.11. The van der Waals surface area contributed by atoms with Crippen LogP contribution in [0.1, 0.15) is 19.3 Å². The van der Waals surface area contributed by atoms with Gasteiger partial charge in [0.25, 0.3) is 0 Å². The van der Waals surface area contributed by atoms with E-state index in [0.717, 1.165) is 12.8 Å². The molecule has 2 nitrogen and oxygen atoms in total. The van der Waals surface area contributed by atoms with Crippen molar-refractivity contribution < 1.29 is 4.79 Å². The summed E-state index contributed by atoms with van der Waals surface area (Å²) in [7, 11) is 0. The summed E-state index contributed by atoms with van der Waals surface area (Å²) in [5.41, 5.74) is 0.474. The van der Waals surface area contributed by atoms with Crippen LogP contribution in [-0.4, -0.2) is 11.8 Å². The van der Waals surface area contributed by atoms with Gasteiger partial charge in [-0.1, -0.05) is 29.3 Å². The molecule has 0 heterocycles. The lowest BCUT2D eigenvalue weighted by Gasteiger charge is -2.08. The highest BCUT2D eigenvalue weighted by molar-refractivity contribution is 6.39. The second kappa shape index (κ2) is 7.00. The van der Waals surface area contributed by atoms with Crippen LogP contribution in [0.5, 0.6) is 0 Å². The Morgan fingerprint density at radius 2 is 1.81 bits per heavy atom. The maximum atomic E-state index is 11.5. The van der Waals surface area contributed by atoms with E-state index < -0.39 is 0 Å². The minimum atomic E-state index is -0.0971. The van der Waals surface area contributed by atoms with E-state index in [1.807, 2.05) is 0 Å². The molecule has 0 aliphatic carbocycles. The van der Waals surface area contributed by atoms with Gasteiger partial charge in [-0.05, 0) is 25.0 Å². The van der Waals surface area contributed by atoms with Gasteiger partial charge in [0.05, 0.1) is 15.7 Å². The van der Waals surface area contributed by atoms with E-state index in [1.165, 1.54) is 0 Å². The fraction of sp³-hybridized carbons (Fsp3) is 0.364. The van der Waals surface area contributed by atoms with Crippen LogP contribution in [-0.2, 0) is 4.79 Å². The van der Waals surface area contributed by atoms with Gasteiger partial charge in [-0.2, -0.15) is 0 Å². The molecular weight excluding hydrogens is 268 g/mol. The SMILES string of the molecule is O=C(CCCCCl)Nc1c(Cl)cccc1Cl. The number of anilines is 1. The molecule has 0 saturated heterocycles. The zero-order valence-corrected chi connectivity index (χ0v) is 10.9. The third kappa shape index (κ3) is 4.20. The molecule has 16 heavy (non-hydrogen) atoms. The van der Waals surface area contributed by atoms with Crippen molar-refractivity contribution in [1.82, 2.24) is 0 Å². The molecule has 0 aliphatic rings. The molecule has 0 fully saturated rings. The number of alkyl halides is 1. The number of nitrogens with one attached hydrogen (secondary N) is 1. The first-order valence-electron chi connectivity index (χ1n) is 4.95. The number of amides is 1. The molecule has 1 aromatic carbocycles. The lowest BCUT2D eigenvalue weighted by molar-refractivity contribution is -0.116. The number of hydrogen-bond acceptors (Lipinski definition) is 1. The first kappa shape index (κ1) is 13.6. The summed E-state index contributed by atoms with van der Waals surface area (Å²) in [6.45, 7) is 0. The highest BCUT2D eigenvalue weighted by Crippen LogP contribution is 2.29. The number of unbranched alkanes of at least 4 members (excludes halogenated alkanes) is 1. The van der Waals surface area contributed by atoms with Crippen LogP contribution in [0.25, 0.3) is 0 Å². The standard InChI is InChI=1S/C11H12Cl3NO/c12-7-2-1-6-10(16)15-11-8(13)4-3-5-9(11)14/h3-5H,1-2,6-7H2,(H,15,16). The smallest absolute Gasteiger partial charge is 0.224 e. The van der Waals surface area contributed by atoms with Gasteiger partial charge in [0.15, 0.2) is 0 Å². The van der Waals surface area contributed by atoms with Gasteiger partial charge >= 0.3 is 0 Å². The molecule has 0 aliphatic heterocycles. The van der Waals surface area contributed by atoms with Gasteiger partial charge in [-0.15, -0.1) is 11.6 Å². The zero-order chi connectivity index (χ0) is 12.0. The molecule has 0 unspecified atom stereocenters. The second-order valence-corrected chi connectivity index (χ2v) is 4.48. The topological polar surface area (TPSA) is 29.1 Å². The predicted octanol–water partition coefficient (Wildman–Crippen LogP) is 4.34. The van der Waals surface area contributed by atoms with Crippen molar-refractivity contribution in [2.75, 3.05) is 11.2 Å². The molecule has 1 N–H and O–H groups in total. The summed E-state index contributed by atoms with van der Waals surface area (Å²) in [5, 5.41) is 3.58. The minimum absolute atomic E-state index is 0.0971. The Bertz CT molecular complexity index is 348. The van der Waals surface area contributed by atoms with E-state index in [4.69, 9.17) is 34.8 Å². The summed E-state index contributed by atoms with van der Waals surface area (Å²) in [6, 6.07) is 5.09. The normalized spacial score (nSPS) is 10.2. The largest absolute Gasteiger partial charge is 0.324 e. The Kier molecular flexibility index (Phi) is 5.96. The summed E-state index contributed by atoms with van der Waals surface area (Å²) in [5.74, 6) is 0.472. The summed E-state index contributed by atoms with van der Waals surface area (Å²) >= 11 is 17.4. The number of halogens is 3. The van der Waals surface area contributed by atoms with Crippen molar-refractivity contribution in [3.8, 4) is 0 Å². The zero-order valence-electron chi connectivity index (χ0n) is 8.60. The number of hydrogen-bond donors (Lipinski definition) is 1. The molecule has 0 bridgehead atoms. The fourth-order valence-corrected chi connectivity index (χ4v) is 1.88. The minimum Gasteiger partial charge on any atom is -0.324 e. The van der Waals surface area contributed by atoms with Gasteiger partial charge in [0, 0.05) is 12.3 Å². The van der Waals surface area contributed by atoms with E-state index in [-0.39, 0.29) is 5.91 Å². The molecule has 1 rings (SSSR count). The maximum Gasteiger partial charge on any atom is 0.224 e. The Morgan fingerprint density at radius 1 is 1.19 bits per heavy atom. The second-order valence-electron chi connectivity index (χ2n) is 3.29. The highest BCUT2D eigenvalue weighted by atomic mass is 35.5. The monoisotopic (exact) mass is 279 g/mol. The van der Waals surface area contributed by atoms with Crippen LogP contribution in [0.4, 0.5) is 5.69 Å². The van der Waals surface area contributed by atoms with Crippen LogP contribution < -0.4 is 5.32 Å². The van der Waals surface area contributed by atoms with Gasteiger partial charge in [-0.3, -0.25) is 4.79 Å². The van der Waals surface area contributed by atoms with Gasteiger partial charge in [0.2, 0.25) is 5.91 Å². The Labute approximate surface area is 110 Å². The van der Waals surface area contributed by atoms with Crippen molar-refractivity contribution in [2.45, 2.75) is 19.3 Å². The van der Waals surface area contributed by atoms with E-state index in [2.05, 4.69) is 5.32 Å². The van der Waals surface area contributed by atoms with Crippen LogP contribution >= 0.6 is 34.8 Å². The number of rotatable bonds is 5. The molecule has 1 amide bonds. The van der Waals surface area contributed by atoms with Gasteiger partial charge in [-0.25, -0.2) is 0 Å². The van der Waals surface area contributed by atoms with Crippen molar-refractivity contribution in [3.05, 3.63) is 28.2 Å². The Morgan fingerprint density at radius 3 is 2.38 bits per heavy atom. The fourth-order valence-electron chi connectivity index (χ4n) is 1.20.